The van der Waals surface area contributed by atoms with E-state index < -0.39 is 15.3 Å². The van der Waals surface area contributed by atoms with Gasteiger partial charge in [0.25, 0.3) is 0 Å². The lowest BCUT2D eigenvalue weighted by atomic mass is 9.95. The number of fused-ring (bicyclic) bond motifs is 2. The number of amides is 1. The topological polar surface area (TPSA) is 107 Å². The summed E-state index contributed by atoms with van der Waals surface area (Å²) >= 11 is 0. The summed E-state index contributed by atoms with van der Waals surface area (Å²) in [6.45, 7) is 3.19. The first-order chi connectivity index (χ1) is 15.2. The van der Waals surface area contributed by atoms with Crippen LogP contribution in [0.2, 0.25) is 0 Å². The van der Waals surface area contributed by atoms with Gasteiger partial charge in [-0.05, 0) is 59.5 Å². The molecule has 1 amide bonds. The van der Waals surface area contributed by atoms with Gasteiger partial charge in [0, 0.05) is 13.1 Å². The second-order valence-electron chi connectivity index (χ2n) is 7.77. The van der Waals surface area contributed by atoms with Gasteiger partial charge in [-0.3, -0.25) is 4.79 Å². The minimum Gasteiger partial charge on any atom is -0.368 e. The molecule has 4 rings (SSSR count). The maximum absolute atomic E-state index is 12.9. The third-order valence-electron chi connectivity index (χ3n) is 5.38. The number of nitrogen functional groups attached to an aromatic ring is 1. The Hall–Kier alpha value is -3.65. The van der Waals surface area contributed by atoms with Crippen molar-refractivity contribution >= 4 is 49.3 Å². The van der Waals surface area contributed by atoms with Gasteiger partial charge in [-0.1, -0.05) is 42.5 Å². The molecule has 1 heterocycles. The Morgan fingerprint density at radius 3 is 2.38 bits per heavy atom. The molecule has 0 fully saturated rings. The van der Waals surface area contributed by atoms with E-state index in [1.807, 2.05) is 48.5 Å². The largest absolute Gasteiger partial charge is 0.368 e. The van der Waals surface area contributed by atoms with Crippen molar-refractivity contribution in [3.05, 3.63) is 77.9 Å². The molecule has 32 heavy (non-hydrogen) atoms. The van der Waals surface area contributed by atoms with Gasteiger partial charge in [-0.15, -0.1) is 0 Å². The SMILES string of the molecule is CNC(=O)C=C(c1ccc2ccccc2c1)c1ccc2nc(N)n(S(=O)(=O)C(C)C)c2c1. The molecule has 0 aliphatic heterocycles. The van der Waals surface area contributed by atoms with Gasteiger partial charge < -0.3 is 11.1 Å². The Morgan fingerprint density at radius 1 is 1.03 bits per heavy atom. The normalized spacial score (nSPS) is 12.6. The molecule has 4 aromatic rings. The second-order valence-corrected chi connectivity index (χ2v) is 10.1. The number of nitrogens with one attached hydrogen (secondary N) is 1. The molecule has 0 aliphatic rings. The summed E-state index contributed by atoms with van der Waals surface area (Å²) in [6.07, 6.45) is 1.51. The number of carbonyl (C=O) groups excluding carboxylic acids is 1. The third-order valence-corrected chi connectivity index (χ3v) is 7.46. The Morgan fingerprint density at radius 2 is 1.69 bits per heavy atom. The van der Waals surface area contributed by atoms with Crippen molar-refractivity contribution in [1.29, 1.82) is 0 Å². The molecule has 0 bridgehead atoms. The Kier molecular flexibility index (Phi) is 5.48. The number of hydrogen-bond acceptors (Lipinski definition) is 5. The number of hydrogen-bond donors (Lipinski definition) is 2. The number of benzene rings is 3. The molecule has 0 radical (unpaired) electrons. The second kappa shape index (κ2) is 8.12. The molecular weight excluding hydrogens is 424 g/mol. The van der Waals surface area contributed by atoms with E-state index in [9.17, 15) is 13.2 Å². The molecular formula is C24H24N4O3S. The molecule has 1 aromatic heterocycles. The lowest BCUT2D eigenvalue weighted by Crippen LogP contribution is -2.23. The quantitative estimate of drug-likeness (QED) is 0.454. The predicted octanol–water partition coefficient (Wildman–Crippen LogP) is 3.54. The molecule has 3 aromatic carbocycles. The van der Waals surface area contributed by atoms with Crippen LogP contribution >= 0.6 is 0 Å². The predicted molar refractivity (Wildman–Crippen MR) is 129 cm³/mol. The summed E-state index contributed by atoms with van der Waals surface area (Å²) in [5.41, 5.74) is 8.98. The maximum atomic E-state index is 12.9. The van der Waals surface area contributed by atoms with Crippen molar-refractivity contribution in [1.82, 2.24) is 14.3 Å². The first-order valence-electron chi connectivity index (χ1n) is 10.2. The third kappa shape index (κ3) is 3.73. The molecule has 0 spiro atoms. The zero-order valence-electron chi connectivity index (χ0n) is 18.0. The van der Waals surface area contributed by atoms with Gasteiger partial charge in [-0.2, -0.15) is 0 Å². The van der Waals surface area contributed by atoms with Crippen LogP contribution in [-0.4, -0.2) is 35.6 Å². The van der Waals surface area contributed by atoms with E-state index >= 15 is 0 Å². The zero-order valence-corrected chi connectivity index (χ0v) is 18.8. The van der Waals surface area contributed by atoms with Crippen LogP contribution in [0.4, 0.5) is 5.95 Å². The van der Waals surface area contributed by atoms with E-state index in [4.69, 9.17) is 5.73 Å². The van der Waals surface area contributed by atoms with Gasteiger partial charge in [-0.25, -0.2) is 17.4 Å². The number of likely N-dealkylation sites (N-methyl/N-ethyl adjacent to an activating group) is 1. The van der Waals surface area contributed by atoms with Crippen molar-refractivity contribution in [3.63, 3.8) is 0 Å². The highest BCUT2D eigenvalue weighted by molar-refractivity contribution is 7.90. The van der Waals surface area contributed by atoms with E-state index in [2.05, 4.69) is 10.3 Å². The van der Waals surface area contributed by atoms with Crippen LogP contribution < -0.4 is 11.1 Å². The highest BCUT2D eigenvalue weighted by atomic mass is 32.2. The maximum Gasteiger partial charge on any atom is 0.244 e. The first-order valence-corrected chi connectivity index (χ1v) is 11.7. The average Bonchev–Trinajstić information content (AvgIpc) is 3.12. The van der Waals surface area contributed by atoms with Crippen LogP contribution in [0, 0.1) is 0 Å². The molecule has 164 valence electrons. The van der Waals surface area contributed by atoms with Crippen LogP contribution in [-0.2, 0) is 14.8 Å². The number of anilines is 1. The number of imidazole rings is 1. The van der Waals surface area contributed by atoms with Gasteiger partial charge in [0.05, 0.1) is 16.3 Å². The summed E-state index contributed by atoms with van der Waals surface area (Å²) < 4.78 is 26.9. The monoisotopic (exact) mass is 448 g/mol. The molecule has 8 heteroatoms. The van der Waals surface area contributed by atoms with Gasteiger partial charge in [0.1, 0.15) is 0 Å². The minimum atomic E-state index is -3.72. The van der Waals surface area contributed by atoms with Crippen LogP contribution in [0.1, 0.15) is 25.0 Å². The molecule has 0 saturated carbocycles. The summed E-state index contributed by atoms with van der Waals surface area (Å²) in [4.78, 5) is 16.5. The molecule has 0 aliphatic carbocycles. The van der Waals surface area contributed by atoms with Crippen LogP contribution in [0.5, 0.6) is 0 Å². The van der Waals surface area contributed by atoms with Gasteiger partial charge >= 0.3 is 0 Å². The van der Waals surface area contributed by atoms with E-state index in [1.54, 1.807) is 33.0 Å². The summed E-state index contributed by atoms with van der Waals surface area (Å²) in [6, 6.07) is 19.1. The molecule has 7 nitrogen and oxygen atoms in total. The number of aromatic nitrogens is 2. The highest BCUT2D eigenvalue weighted by Gasteiger charge is 2.25. The summed E-state index contributed by atoms with van der Waals surface area (Å²) in [5, 5.41) is 4.06. The van der Waals surface area contributed by atoms with Crippen LogP contribution in [0.3, 0.4) is 0 Å². The number of nitrogens with two attached hydrogens (primary N) is 1. The standard InChI is InChI=1S/C24H24N4O3S/c1-15(2)32(30,31)28-22-13-19(10-11-21(22)27-24(28)25)20(14-23(29)26-3)18-9-8-16-6-4-5-7-17(16)12-18/h4-15H,1-3H3,(H2,25,27)(H,26,29). The lowest BCUT2D eigenvalue weighted by Gasteiger charge is -2.13. The van der Waals surface area contributed by atoms with E-state index in [0.29, 0.717) is 22.2 Å². The zero-order chi connectivity index (χ0) is 23.0. The van der Waals surface area contributed by atoms with Crippen molar-refractivity contribution in [3.8, 4) is 0 Å². The summed E-state index contributed by atoms with van der Waals surface area (Å²) in [5.74, 6) is -0.357. The fourth-order valence-corrected chi connectivity index (χ4v) is 4.76. The van der Waals surface area contributed by atoms with Crippen molar-refractivity contribution in [2.24, 2.45) is 0 Å². The fourth-order valence-electron chi connectivity index (χ4n) is 3.61. The van der Waals surface area contributed by atoms with Crippen LogP contribution in [0.15, 0.2) is 66.7 Å². The molecule has 3 N–H and O–H groups in total. The fraction of sp³-hybridized carbons (Fsp3) is 0.167. The molecule has 0 saturated heterocycles. The van der Waals surface area contributed by atoms with Crippen LogP contribution in [0.25, 0.3) is 27.4 Å². The van der Waals surface area contributed by atoms with Crippen molar-refractivity contribution < 1.29 is 13.2 Å². The van der Waals surface area contributed by atoms with Crippen molar-refractivity contribution in [2.45, 2.75) is 19.1 Å². The lowest BCUT2D eigenvalue weighted by molar-refractivity contribution is -0.116. The number of rotatable bonds is 5. The molecule has 0 atom stereocenters. The first kappa shape index (κ1) is 21.6. The van der Waals surface area contributed by atoms with E-state index in [1.165, 1.54) is 6.08 Å². The van der Waals surface area contributed by atoms with Crippen molar-refractivity contribution in [2.75, 3.05) is 12.8 Å². The smallest absolute Gasteiger partial charge is 0.244 e. The van der Waals surface area contributed by atoms with Gasteiger partial charge in [0.2, 0.25) is 21.9 Å². The number of nitrogens with zero attached hydrogens (tertiary/aromatic N) is 2. The number of carbonyl (C=O) groups is 1. The average molecular weight is 449 g/mol. The summed E-state index contributed by atoms with van der Waals surface area (Å²) in [7, 11) is -2.16. The Labute approximate surface area is 186 Å². The molecule has 0 unspecified atom stereocenters. The minimum absolute atomic E-state index is 0.0895. The van der Waals surface area contributed by atoms with Gasteiger partial charge in [0.15, 0.2) is 0 Å². The highest BCUT2D eigenvalue weighted by Crippen LogP contribution is 2.31. The Balaban J connectivity index is 1.96. The Bertz CT molecular complexity index is 1480. The van der Waals surface area contributed by atoms with E-state index in [0.717, 1.165) is 20.3 Å². The van der Waals surface area contributed by atoms with E-state index in [-0.39, 0.29) is 11.9 Å².